The van der Waals surface area contributed by atoms with Crippen molar-refractivity contribution in [3.63, 3.8) is 0 Å². The van der Waals surface area contributed by atoms with Gasteiger partial charge in [-0.25, -0.2) is 0 Å². The van der Waals surface area contributed by atoms with E-state index in [2.05, 4.69) is 0 Å². The van der Waals surface area contributed by atoms with Crippen LogP contribution < -0.4 is 10.5 Å². The Labute approximate surface area is 176 Å². The lowest BCUT2D eigenvalue weighted by atomic mass is 9.95. The molecule has 0 atom stereocenters. The highest BCUT2D eigenvalue weighted by Crippen LogP contribution is 2.31. The highest BCUT2D eigenvalue weighted by molar-refractivity contribution is 5.97. The second-order valence-electron chi connectivity index (χ2n) is 7.88. The van der Waals surface area contributed by atoms with Gasteiger partial charge in [0.1, 0.15) is 12.1 Å². The highest BCUT2D eigenvalue weighted by atomic mass is 19.4. The maximum absolute atomic E-state index is 13.0. The van der Waals surface area contributed by atoms with Gasteiger partial charge in [0.2, 0.25) is 11.8 Å². The van der Waals surface area contributed by atoms with Crippen molar-refractivity contribution in [1.29, 1.82) is 0 Å². The summed E-state index contributed by atoms with van der Waals surface area (Å²) in [6.07, 6.45) is -1.79. The van der Waals surface area contributed by atoms with Crippen LogP contribution in [0.3, 0.4) is 0 Å². The van der Waals surface area contributed by atoms with E-state index >= 15 is 0 Å². The normalized spacial score (nSPS) is 17.0. The third-order valence-corrected chi connectivity index (χ3v) is 5.98. The summed E-state index contributed by atoms with van der Waals surface area (Å²) in [6.45, 7) is 0.855. The Morgan fingerprint density at radius 2 is 1.71 bits per heavy atom. The van der Waals surface area contributed by atoms with Crippen molar-refractivity contribution in [3.05, 3.63) is 64.1 Å². The molecule has 0 radical (unpaired) electrons. The summed E-state index contributed by atoms with van der Waals surface area (Å²) in [5.41, 5.74) is -0.441. The van der Waals surface area contributed by atoms with Gasteiger partial charge in [-0.15, -0.1) is 0 Å². The first-order valence-corrected chi connectivity index (χ1v) is 10.2. The first kappa shape index (κ1) is 21.1. The van der Waals surface area contributed by atoms with Crippen LogP contribution in [0.4, 0.5) is 18.9 Å². The van der Waals surface area contributed by atoms with Crippen molar-refractivity contribution in [2.45, 2.75) is 32.0 Å². The second-order valence-corrected chi connectivity index (χ2v) is 7.88. The molecular weight excluding hydrogens is 411 g/mol. The smallest absolute Gasteiger partial charge is 0.341 e. The van der Waals surface area contributed by atoms with Crippen LogP contribution in [0.2, 0.25) is 0 Å². The number of fused-ring (bicyclic) bond motifs is 1. The lowest BCUT2D eigenvalue weighted by Crippen LogP contribution is -2.45. The molecule has 1 aromatic carbocycles. The van der Waals surface area contributed by atoms with Gasteiger partial charge in [-0.3, -0.25) is 14.4 Å². The Kier molecular flexibility index (Phi) is 5.60. The van der Waals surface area contributed by atoms with Crippen molar-refractivity contribution in [2.24, 2.45) is 5.92 Å². The zero-order valence-electron chi connectivity index (χ0n) is 16.8. The number of hydrogen-bond donors (Lipinski definition) is 0. The van der Waals surface area contributed by atoms with Crippen molar-refractivity contribution >= 4 is 17.5 Å². The number of nitrogens with zero attached hydrogens (tertiary/aromatic N) is 3. The van der Waals surface area contributed by atoms with E-state index in [1.54, 1.807) is 4.90 Å². The van der Waals surface area contributed by atoms with Crippen LogP contribution in [-0.4, -0.2) is 40.9 Å². The molecule has 2 aliphatic rings. The SMILES string of the molecule is O=C(Cn1cccc(C(F)(F)F)c1=O)N1CCC(C(=O)N2CCc3ccccc32)CC1. The molecule has 1 saturated heterocycles. The van der Waals surface area contributed by atoms with E-state index in [0.29, 0.717) is 38.5 Å². The zero-order chi connectivity index (χ0) is 22.2. The van der Waals surface area contributed by atoms with Gasteiger partial charge in [-0.05, 0) is 43.0 Å². The molecule has 164 valence electrons. The number of aromatic nitrogens is 1. The Hall–Kier alpha value is -3.10. The monoisotopic (exact) mass is 433 g/mol. The number of likely N-dealkylation sites (tertiary alicyclic amines) is 1. The number of benzene rings is 1. The van der Waals surface area contributed by atoms with Crippen molar-refractivity contribution in [1.82, 2.24) is 9.47 Å². The second kappa shape index (κ2) is 8.20. The van der Waals surface area contributed by atoms with Gasteiger partial charge in [-0.1, -0.05) is 18.2 Å². The summed E-state index contributed by atoms with van der Waals surface area (Å²) in [5.74, 6) is -0.587. The maximum Gasteiger partial charge on any atom is 0.421 e. The maximum atomic E-state index is 13.0. The lowest BCUT2D eigenvalue weighted by molar-refractivity contribution is -0.140. The number of amides is 2. The Morgan fingerprint density at radius 3 is 2.42 bits per heavy atom. The summed E-state index contributed by atoms with van der Waals surface area (Å²) in [7, 11) is 0. The molecule has 0 spiro atoms. The number of rotatable bonds is 3. The fraction of sp³-hybridized carbons (Fsp3) is 0.409. The molecule has 2 aliphatic heterocycles. The molecule has 0 unspecified atom stereocenters. The van der Waals surface area contributed by atoms with Crippen molar-refractivity contribution in [2.75, 3.05) is 24.5 Å². The van der Waals surface area contributed by atoms with Crippen LogP contribution in [0.1, 0.15) is 24.0 Å². The first-order valence-electron chi connectivity index (χ1n) is 10.2. The van der Waals surface area contributed by atoms with E-state index in [4.69, 9.17) is 0 Å². The average molecular weight is 433 g/mol. The van der Waals surface area contributed by atoms with Gasteiger partial charge >= 0.3 is 6.18 Å². The topological polar surface area (TPSA) is 62.6 Å². The molecule has 1 aromatic heterocycles. The first-order chi connectivity index (χ1) is 14.8. The van der Waals surface area contributed by atoms with E-state index in [1.165, 1.54) is 11.1 Å². The van der Waals surface area contributed by atoms with Gasteiger partial charge in [-0.2, -0.15) is 13.2 Å². The number of halogens is 3. The standard InChI is InChI=1S/C22H22F3N3O3/c23-22(24,25)17-5-3-10-27(21(17)31)14-19(29)26-11-7-16(8-12-26)20(30)28-13-9-15-4-1-2-6-18(15)28/h1-6,10,16H,7-9,11-14H2. The number of piperidine rings is 1. The highest BCUT2D eigenvalue weighted by Gasteiger charge is 2.35. The van der Waals surface area contributed by atoms with Crippen LogP contribution in [0.15, 0.2) is 47.4 Å². The number of para-hydroxylation sites is 1. The summed E-state index contributed by atoms with van der Waals surface area (Å²) >= 11 is 0. The molecule has 4 rings (SSSR count). The molecule has 0 saturated carbocycles. The fourth-order valence-electron chi connectivity index (χ4n) is 4.29. The zero-order valence-corrected chi connectivity index (χ0v) is 16.8. The van der Waals surface area contributed by atoms with Crippen LogP contribution >= 0.6 is 0 Å². The van der Waals surface area contributed by atoms with E-state index in [-0.39, 0.29) is 11.8 Å². The minimum atomic E-state index is -4.77. The molecule has 0 aliphatic carbocycles. The molecule has 9 heteroatoms. The number of alkyl halides is 3. The predicted molar refractivity (Wildman–Crippen MR) is 108 cm³/mol. The van der Waals surface area contributed by atoms with Crippen LogP contribution in [0.5, 0.6) is 0 Å². The van der Waals surface area contributed by atoms with Crippen LogP contribution in [-0.2, 0) is 28.7 Å². The van der Waals surface area contributed by atoms with E-state index in [0.717, 1.165) is 28.3 Å². The van der Waals surface area contributed by atoms with Gasteiger partial charge in [0.05, 0.1) is 0 Å². The molecular formula is C22H22F3N3O3. The lowest BCUT2D eigenvalue weighted by Gasteiger charge is -2.33. The van der Waals surface area contributed by atoms with Crippen molar-refractivity contribution < 1.29 is 22.8 Å². The number of anilines is 1. The van der Waals surface area contributed by atoms with Gasteiger partial charge < -0.3 is 14.4 Å². The van der Waals surface area contributed by atoms with Gasteiger partial charge in [0, 0.05) is 37.4 Å². The summed E-state index contributed by atoms with van der Waals surface area (Å²) in [4.78, 5) is 40.9. The summed E-state index contributed by atoms with van der Waals surface area (Å²) in [6, 6.07) is 9.62. The average Bonchev–Trinajstić information content (AvgIpc) is 3.18. The third-order valence-electron chi connectivity index (χ3n) is 5.98. The number of pyridine rings is 1. The largest absolute Gasteiger partial charge is 0.421 e. The van der Waals surface area contributed by atoms with Gasteiger partial charge in [0.25, 0.3) is 5.56 Å². The Balaban J connectivity index is 1.37. The summed E-state index contributed by atoms with van der Waals surface area (Å²) < 4.78 is 39.5. The molecule has 0 bridgehead atoms. The third kappa shape index (κ3) is 4.22. The predicted octanol–water partition coefficient (Wildman–Crippen LogP) is 2.70. The van der Waals surface area contributed by atoms with E-state index < -0.39 is 29.8 Å². The Bertz CT molecular complexity index is 1060. The molecule has 3 heterocycles. The number of hydrogen-bond acceptors (Lipinski definition) is 3. The molecule has 2 aromatic rings. The molecule has 31 heavy (non-hydrogen) atoms. The van der Waals surface area contributed by atoms with Crippen molar-refractivity contribution in [3.8, 4) is 0 Å². The molecule has 6 nitrogen and oxygen atoms in total. The quantitative estimate of drug-likeness (QED) is 0.748. The molecule has 0 N–H and O–H groups in total. The fourth-order valence-corrected chi connectivity index (χ4v) is 4.29. The summed E-state index contributed by atoms with van der Waals surface area (Å²) in [5, 5.41) is 0. The number of carbonyl (C=O) groups is 2. The van der Waals surface area contributed by atoms with Gasteiger partial charge in [0.15, 0.2) is 0 Å². The molecule has 1 fully saturated rings. The minimum absolute atomic E-state index is 0.0474. The Morgan fingerprint density at radius 1 is 1.00 bits per heavy atom. The molecule has 2 amide bonds. The van der Waals surface area contributed by atoms with Crippen LogP contribution in [0, 0.1) is 5.92 Å². The van der Waals surface area contributed by atoms with E-state index in [9.17, 15) is 27.6 Å². The van der Waals surface area contributed by atoms with Crippen LogP contribution in [0.25, 0.3) is 0 Å². The number of carbonyl (C=O) groups excluding carboxylic acids is 2. The van der Waals surface area contributed by atoms with E-state index in [1.807, 2.05) is 24.3 Å². The minimum Gasteiger partial charge on any atom is -0.341 e.